The van der Waals surface area contributed by atoms with Gasteiger partial charge in [-0.05, 0) is 24.1 Å². The van der Waals surface area contributed by atoms with Gasteiger partial charge in [0.1, 0.15) is 0 Å². The maximum absolute atomic E-state index is 11.5. The summed E-state index contributed by atoms with van der Waals surface area (Å²) in [5.74, 6) is 2.50. The fraction of sp³-hybridized carbons (Fsp3) is 0.308. The van der Waals surface area contributed by atoms with Crippen LogP contribution >= 0.6 is 11.6 Å². The Hall–Kier alpha value is -1.30. The number of benzene rings is 1. The van der Waals surface area contributed by atoms with Gasteiger partial charge in [0.05, 0.1) is 13.1 Å². The Bertz CT molecular complexity index is 420. The molecule has 0 saturated heterocycles. The predicted molar refractivity (Wildman–Crippen MR) is 66.6 cm³/mol. The molecule has 3 heteroatoms. The van der Waals surface area contributed by atoms with Crippen molar-refractivity contribution in [3.63, 3.8) is 0 Å². The van der Waals surface area contributed by atoms with Crippen LogP contribution in [0.15, 0.2) is 18.2 Å². The number of nitrogens with one attached hydrogen (secondary N) is 1. The van der Waals surface area contributed by atoms with Gasteiger partial charge in [-0.3, -0.25) is 10.1 Å². The molecule has 0 heterocycles. The van der Waals surface area contributed by atoms with E-state index in [2.05, 4.69) is 11.2 Å². The molecule has 84 valence electrons. The third-order valence-corrected chi connectivity index (χ3v) is 2.50. The minimum Gasteiger partial charge on any atom is -0.299 e. The molecule has 0 saturated carbocycles. The summed E-state index contributed by atoms with van der Waals surface area (Å²) in [5.41, 5.74) is 1.95. The second kappa shape index (κ2) is 6.32. The van der Waals surface area contributed by atoms with Gasteiger partial charge in [0.25, 0.3) is 0 Å². The van der Waals surface area contributed by atoms with Gasteiger partial charge >= 0.3 is 0 Å². The normalized spacial score (nSPS) is 9.81. The summed E-state index contributed by atoms with van der Waals surface area (Å²) in [6.07, 6.45) is 5.41. The first-order valence-corrected chi connectivity index (χ1v) is 5.42. The first-order valence-electron chi connectivity index (χ1n) is 5.04. The highest BCUT2D eigenvalue weighted by molar-refractivity contribution is 6.31. The molecule has 0 aliphatic carbocycles. The van der Waals surface area contributed by atoms with Crippen LogP contribution in [0.3, 0.4) is 0 Å². The topological polar surface area (TPSA) is 29.1 Å². The Kier molecular flexibility index (Phi) is 5.04. The number of aryl methyl sites for hydroxylation is 1. The van der Waals surface area contributed by atoms with E-state index in [-0.39, 0.29) is 12.3 Å². The van der Waals surface area contributed by atoms with Crippen molar-refractivity contribution < 1.29 is 4.79 Å². The van der Waals surface area contributed by atoms with Gasteiger partial charge in [-0.25, -0.2) is 0 Å². The van der Waals surface area contributed by atoms with E-state index in [0.717, 1.165) is 11.1 Å². The van der Waals surface area contributed by atoms with E-state index < -0.39 is 0 Å². The summed E-state index contributed by atoms with van der Waals surface area (Å²) in [5, 5.41) is 3.50. The molecular formula is C13H14ClNO. The van der Waals surface area contributed by atoms with E-state index >= 15 is 0 Å². The standard InChI is InChI=1S/C13H14ClNO/c1-3-6-15-9-12(16)8-11-5-4-10(2)7-13(11)14/h1,4-5,7,15H,6,8-9H2,2H3. The number of halogens is 1. The summed E-state index contributed by atoms with van der Waals surface area (Å²) in [6, 6.07) is 5.69. The van der Waals surface area contributed by atoms with Crippen LogP contribution in [0, 0.1) is 19.3 Å². The van der Waals surface area contributed by atoms with Gasteiger partial charge in [-0.2, -0.15) is 0 Å². The van der Waals surface area contributed by atoms with Gasteiger partial charge in [-0.15, -0.1) is 6.42 Å². The third-order valence-electron chi connectivity index (χ3n) is 2.15. The number of carbonyl (C=O) groups is 1. The monoisotopic (exact) mass is 235 g/mol. The Morgan fingerprint density at radius 3 is 2.94 bits per heavy atom. The fourth-order valence-corrected chi connectivity index (χ4v) is 1.65. The van der Waals surface area contributed by atoms with Crippen LogP contribution in [0.25, 0.3) is 0 Å². The molecule has 1 rings (SSSR count). The van der Waals surface area contributed by atoms with Gasteiger partial charge in [-0.1, -0.05) is 29.7 Å². The summed E-state index contributed by atoms with van der Waals surface area (Å²) in [6.45, 7) is 2.66. The zero-order chi connectivity index (χ0) is 12.0. The van der Waals surface area contributed by atoms with Gasteiger partial charge in [0, 0.05) is 11.4 Å². The van der Waals surface area contributed by atoms with Crippen molar-refractivity contribution >= 4 is 17.4 Å². The zero-order valence-electron chi connectivity index (χ0n) is 9.22. The lowest BCUT2D eigenvalue weighted by Crippen LogP contribution is -2.24. The highest BCUT2D eigenvalue weighted by Crippen LogP contribution is 2.18. The van der Waals surface area contributed by atoms with Gasteiger partial charge in [0.15, 0.2) is 5.78 Å². The molecule has 0 unspecified atom stereocenters. The van der Waals surface area contributed by atoms with Crippen LogP contribution in [0.2, 0.25) is 5.02 Å². The fourth-order valence-electron chi connectivity index (χ4n) is 1.34. The molecule has 0 spiro atoms. The summed E-state index contributed by atoms with van der Waals surface area (Å²) < 4.78 is 0. The van der Waals surface area contributed by atoms with E-state index in [1.54, 1.807) is 0 Å². The number of Topliss-reactive ketones (excluding diaryl/α,β-unsaturated/α-hetero) is 1. The Balaban J connectivity index is 2.53. The molecule has 0 radical (unpaired) electrons. The van der Waals surface area contributed by atoms with Crippen molar-refractivity contribution in [2.75, 3.05) is 13.1 Å². The van der Waals surface area contributed by atoms with Gasteiger partial charge in [0.2, 0.25) is 0 Å². The highest BCUT2D eigenvalue weighted by Gasteiger charge is 2.06. The Labute approximate surface area is 101 Å². The Morgan fingerprint density at radius 1 is 1.56 bits per heavy atom. The average Bonchev–Trinajstić information content (AvgIpc) is 2.23. The number of hydrogen-bond acceptors (Lipinski definition) is 2. The molecule has 16 heavy (non-hydrogen) atoms. The number of carbonyl (C=O) groups excluding carboxylic acids is 1. The van der Waals surface area contributed by atoms with Crippen LogP contribution in [0.1, 0.15) is 11.1 Å². The van der Waals surface area contributed by atoms with E-state index in [9.17, 15) is 4.79 Å². The summed E-state index contributed by atoms with van der Waals surface area (Å²) in [4.78, 5) is 11.5. The largest absolute Gasteiger partial charge is 0.299 e. The predicted octanol–water partition coefficient (Wildman–Crippen LogP) is 1.98. The number of terminal acetylenes is 1. The zero-order valence-corrected chi connectivity index (χ0v) is 9.97. The first-order chi connectivity index (χ1) is 7.63. The summed E-state index contributed by atoms with van der Waals surface area (Å²) >= 11 is 6.03. The molecule has 0 amide bonds. The minimum absolute atomic E-state index is 0.0843. The number of ketones is 1. The number of hydrogen-bond donors (Lipinski definition) is 1. The molecule has 2 nitrogen and oxygen atoms in total. The molecule has 0 aromatic heterocycles. The van der Waals surface area contributed by atoms with Crippen LogP contribution in [-0.2, 0) is 11.2 Å². The first kappa shape index (κ1) is 12.8. The highest BCUT2D eigenvalue weighted by atomic mass is 35.5. The van der Waals surface area contributed by atoms with E-state index in [1.807, 2.05) is 25.1 Å². The molecule has 0 bridgehead atoms. The van der Waals surface area contributed by atoms with Crippen LogP contribution in [0.5, 0.6) is 0 Å². The Morgan fingerprint density at radius 2 is 2.31 bits per heavy atom. The molecule has 1 aromatic carbocycles. The van der Waals surface area contributed by atoms with Gasteiger partial charge < -0.3 is 0 Å². The van der Waals surface area contributed by atoms with E-state index in [4.69, 9.17) is 18.0 Å². The molecular weight excluding hydrogens is 222 g/mol. The van der Waals surface area contributed by atoms with Crippen molar-refractivity contribution in [1.82, 2.24) is 5.32 Å². The third kappa shape index (κ3) is 4.06. The summed E-state index contributed by atoms with van der Waals surface area (Å²) in [7, 11) is 0. The lowest BCUT2D eigenvalue weighted by atomic mass is 10.1. The SMILES string of the molecule is C#CCNCC(=O)Cc1ccc(C)cc1Cl. The van der Waals surface area contributed by atoms with E-state index in [1.165, 1.54) is 0 Å². The molecule has 1 N–H and O–H groups in total. The van der Waals surface area contributed by atoms with Crippen molar-refractivity contribution in [1.29, 1.82) is 0 Å². The minimum atomic E-state index is 0.0843. The van der Waals surface area contributed by atoms with Crippen LogP contribution < -0.4 is 5.32 Å². The molecule has 1 aromatic rings. The van der Waals surface area contributed by atoms with E-state index in [0.29, 0.717) is 18.0 Å². The quantitative estimate of drug-likeness (QED) is 0.625. The van der Waals surface area contributed by atoms with Crippen molar-refractivity contribution in [3.05, 3.63) is 34.3 Å². The van der Waals surface area contributed by atoms with Crippen LogP contribution in [-0.4, -0.2) is 18.9 Å². The maximum atomic E-state index is 11.5. The molecule has 0 aliphatic heterocycles. The maximum Gasteiger partial charge on any atom is 0.151 e. The molecule has 0 atom stereocenters. The molecule has 0 aliphatic rings. The van der Waals surface area contributed by atoms with Crippen molar-refractivity contribution in [2.45, 2.75) is 13.3 Å². The second-order valence-corrected chi connectivity index (χ2v) is 4.03. The molecule has 0 fully saturated rings. The van der Waals surface area contributed by atoms with Crippen molar-refractivity contribution in [2.24, 2.45) is 0 Å². The number of rotatable bonds is 5. The van der Waals surface area contributed by atoms with Crippen molar-refractivity contribution in [3.8, 4) is 12.3 Å². The second-order valence-electron chi connectivity index (χ2n) is 3.62. The average molecular weight is 236 g/mol. The van der Waals surface area contributed by atoms with Crippen LogP contribution in [0.4, 0.5) is 0 Å². The smallest absolute Gasteiger partial charge is 0.151 e. The lowest BCUT2D eigenvalue weighted by molar-refractivity contribution is -0.117. The lowest BCUT2D eigenvalue weighted by Gasteiger charge is -2.05.